The predicted octanol–water partition coefficient (Wildman–Crippen LogP) is 3.06. The highest BCUT2D eigenvalue weighted by molar-refractivity contribution is 5.73. The largest absolute Gasteiger partial charge is 0.384 e. The number of nitrogens with two attached hydrogens (primary N) is 1. The number of anilines is 1. The summed E-state index contributed by atoms with van der Waals surface area (Å²) < 4.78 is 0. The van der Waals surface area contributed by atoms with E-state index in [1.807, 2.05) is 0 Å². The number of aromatic nitrogens is 1. The maximum atomic E-state index is 8.91. The van der Waals surface area contributed by atoms with Crippen molar-refractivity contribution in [1.82, 2.24) is 4.98 Å². The molecule has 3 N–H and O–H groups in total. The maximum Gasteiger partial charge on any atom is 0.119 e. The molecule has 0 aliphatic heterocycles. The molecular weight excluding hydrogens is 210 g/mol. The van der Waals surface area contributed by atoms with Gasteiger partial charge in [0.05, 0.1) is 5.56 Å². The van der Waals surface area contributed by atoms with E-state index in [9.17, 15) is 0 Å². The smallest absolute Gasteiger partial charge is 0.119 e. The third-order valence-corrected chi connectivity index (χ3v) is 2.92. The molecule has 0 atom stereocenters. The molecular formula is C14H15N3. The normalized spacial score (nSPS) is 10.2. The van der Waals surface area contributed by atoms with Crippen molar-refractivity contribution >= 4 is 5.82 Å². The molecule has 17 heavy (non-hydrogen) atoms. The highest BCUT2D eigenvalue weighted by Crippen LogP contribution is 2.29. The Morgan fingerprint density at radius 1 is 1.12 bits per heavy atom. The molecule has 0 bridgehead atoms. The molecule has 0 aliphatic carbocycles. The molecule has 0 spiro atoms. The molecule has 3 heteroatoms. The van der Waals surface area contributed by atoms with Gasteiger partial charge >= 0.3 is 0 Å². The number of nitrogen functional groups attached to an aromatic ring is 1. The molecule has 2 aromatic rings. The number of nitrogens with one attached hydrogen (secondary N) is 1. The summed E-state index contributed by atoms with van der Waals surface area (Å²) in [5, 5.41) is 8.91. The zero-order chi connectivity index (χ0) is 12.6. The molecule has 0 aliphatic rings. The first kappa shape index (κ1) is 11.3. The molecule has 0 radical (unpaired) electrons. The van der Waals surface area contributed by atoms with Crippen LogP contribution in [0.15, 0.2) is 18.2 Å². The molecule has 2 rings (SSSR count). The van der Waals surface area contributed by atoms with Gasteiger partial charge < -0.3 is 10.7 Å². The van der Waals surface area contributed by atoms with Crippen LogP contribution in [0.1, 0.15) is 22.3 Å². The lowest BCUT2D eigenvalue weighted by Crippen LogP contribution is -1.91. The first-order valence-corrected chi connectivity index (χ1v) is 5.49. The van der Waals surface area contributed by atoms with Crippen molar-refractivity contribution in [3.05, 3.63) is 40.5 Å². The summed E-state index contributed by atoms with van der Waals surface area (Å²) in [6, 6.07) is 8.15. The standard InChI is InChI=1S/C14H15N3/c1-8-4-9(2)13(10(3)5-8)12-6-11(7-15)14(16)17-12/h4-6,17H,16H2,1-3H3. The van der Waals surface area contributed by atoms with Crippen LogP contribution in [0.25, 0.3) is 11.3 Å². The molecule has 0 fully saturated rings. The van der Waals surface area contributed by atoms with Gasteiger partial charge in [-0.15, -0.1) is 0 Å². The number of rotatable bonds is 1. The molecule has 86 valence electrons. The lowest BCUT2D eigenvalue weighted by molar-refractivity contribution is 1.29. The number of nitrogens with zero attached hydrogens (tertiary/aromatic N) is 1. The second-order valence-electron chi connectivity index (χ2n) is 4.40. The summed E-state index contributed by atoms with van der Waals surface area (Å²) in [5.74, 6) is 0.432. The Labute approximate surface area is 101 Å². The van der Waals surface area contributed by atoms with Crippen molar-refractivity contribution in [1.29, 1.82) is 5.26 Å². The maximum absolute atomic E-state index is 8.91. The zero-order valence-corrected chi connectivity index (χ0v) is 10.3. The number of nitriles is 1. The van der Waals surface area contributed by atoms with Crippen LogP contribution < -0.4 is 5.73 Å². The van der Waals surface area contributed by atoms with Gasteiger partial charge in [0.2, 0.25) is 0 Å². The SMILES string of the molecule is Cc1cc(C)c(-c2cc(C#N)c(N)[nH]2)c(C)c1. The van der Waals surface area contributed by atoms with Gasteiger partial charge in [0.25, 0.3) is 0 Å². The van der Waals surface area contributed by atoms with Crippen molar-refractivity contribution in [2.75, 3.05) is 5.73 Å². The summed E-state index contributed by atoms with van der Waals surface area (Å²) in [6.45, 7) is 6.21. The fourth-order valence-corrected chi connectivity index (χ4v) is 2.30. The van der Waals surface area contributed by atoms with E-state index >= 15 is 0 Å². The average molecular weight is 225 g/mol. The first-order valence-electron chi connectivity index (χ1n) is 5.49. The van der Waals surface area contributed by atoms with Crippen molar-refractivity contribution < 1.29 is 0 Å². The average Bonchev–Trinajstić information content (AvgIpc) is 2.57. The molecule has 3 nitrogen and oxygen atoms in total. The van der Waals surface area contributed by atoms with Gasteiger partial charge in [-0.3, -0.25) is 0 Å². The highest BCUT2D eigenvalue weighted by Gasteiger charge is 2.11. The lowest BCUT2D eigenvalue weighted by Gasteiger charge is -2.09. The number of benzene rings is 1. The molecule has 0 saturated carbocycles. The lowest BCUT2D eigenvalue weighted by atomic mass is 9.97. The monoisotopic (exact) mass is 225 g/mol. The van der Waals surface area contributed by atoms with Gasteiger partial charge in [0, 0.05) is 11.3 Å². The van der Waals surface area contributed by atoms with Crippen molar-refractivity contribution in [3.63, 3.8) is 0 Å². The van der Waals surface area contributed by atoms with Crippen LogP contribution in [0.4, 0.5) is 5.82 Å². The van der Waals surface area contributed by atoms with Crippen LogP contribution in [-0.4, -0.2) is 4.98 Å². The van der Waals surface area contributed by atoms with E-state index in [0.29, 0.717) is 11.4 Å². The van der Waals surface area contributed by atoms with Crippen LogP contribution in [0.5, 0.6) is 0 Å². The van der Waals surface area contributed by atoms with Crippen molar-refractivity contribution in [3.8, 4) is 17.3 Å². The fourth-order valence-electron chi connectivity index (χ4n) is 2.30. The second kappa shape index (κ2) is 3.99. The molecule has 1 heterocycles. The van der Waals surface area contributed by atoms with Crippen LogP contribution in [0.3, 0.4) is 0 Å². The van der Waals surface area contributed by atoms with Crippen LogP contribution in [-0.2, 0) is 0 Å². The summed E-state index contributed by atoms with van der Waals surface area (Å²) in [5.41, 5.74) is 11.9. The van der Waals surface area contributed by atoms with Gasteiger partial charge in [-0.2, -0.15) is 5.26 Å². The summed E-state index contributed by atoms with van der Waals surface area (Å²) in [6.07, 6.45) is 0. The second-order valence-corrected chi connectivity index (χ2v) is 4.40. The minimum Gasteiger partial charge on any atom is -0.384 e. The van der Waals surface area contributed by atoms with E-state index in [1.54, 1.807) is 6.07 Å². The Hall–Kier alpha value is -2.21. The molecule has 1 aromatic carbocycles. The number of H-pyrrole nitrogens is 1. The van der Waals surface area contributed by atoms with E-state index < -0.39 is 0 Å². The summed E-state index contributed by atoms with van der Waals surface area (Å²) in [4.78, 5) is 3.07. The molecule has 0 unspecified atom stereocenters. The number of aromatic amines is 1. The van der Waals surface area contributed by atoms with Gasteiger partial charge in [-0.1, -0.05) is 17.7 Å². The van der Waals surface area contributed by atoms with Crippen LogP contribution in [0.2, 0.25) is 0 Å². The highest BCUT2D eigenvalue weighted by atomic mass is 14.9. The Kier molecular flexibility index (Phi) is 2.64. The van der Waals surface area contributed by atoms with E-state index in [2.05, 4.69) is 44.0 Å². The zero-order valence-electron chi connectivity index (χ0n) is 10.3. The van der Waals surface area contributed by atoms with Crippen molar-refractivity contribution in [2.45, 2.75) is 20.8 Å². The van der Waals surface area contributed by atoms with Gasteiger partial charge in [0.1, 0.15) is 11.9 Å². The van der Waals surface area contributed by atoms with Crippen LogP contribution in [0, 0.1) is 32.1 Å². The first-order chi connectivity index (χ1) is 8.02. The third kappa shape index (κ3) is 1.90. The Morgan fingerprint density at radius 3 is 2.18 bits per heavy atom. The van der Waals surface area contributed by atoms with E-state index in [0.717, 1.165) is 11.3 Å². The van der Waals surface area contributed by atoms with Gasteiger partial charge in [-0.05, 0) is 38.0 Å². The van der Waals surface area contributed by atoms with Crippen molar-refractivity contribution in [2.24, 2.45) is 0 Å². The van der Waals surface area contributed by atoms with Gasteiger partial charge in [0.15, 0.2) is 0 Å². The molecule has 0 amide bonds. The minimum atomic E-state index is 0.432. The molecule has 0 saturated heterocycles. The Bertz CT molecular complexity index is 592. The minimum absolute atomic E-state index is 0.432. The number of hydrogen-bond donors (Lipinski definition) is 2. The number of hydrogen-bond acceptors (Lipinski definition) is 2. The summed E-state index contributed by atoms with van der Waals surface area (Å²) >= 11 is 0. The predicted molar refractivity (Wildman–Crippen MR) is 69.6 cm³/mol. The fraction of sp³-hybridized carbons (Fsp3) is 0.214. The number of aryl methyl sites for hydroxylation is 3. The van der Waals surface area contributed by atoms with E-state index in [4.69, 9.17) is 11.0 Å². The molecule has 1 aromatic heterocycles. The Morgan fingerprint density at radius 2 is 1.71 bits per heavy atom. The topological polar surface area (TPSA) is 65.6 Å². The van der Waals surface area contributed by atoms with E-state index in [1.165, 1.54) is 16.7 Å². The van der Waals surface area contributed by atoms with Gasteiger partial charge in [-0.25, -0.2) is 0 Å². The quantitative estimate of drug-likeness (QED) is 0.783. The van der Waals surface area contributed by atoms with E-state index in [-0.39, 0.29) is 0 Å². The Balaban J connectivity index is 2.65. The summed E-state index contributed by atoms with van der Waals surface area (Å²) in [7, 11) is 0. The third-order valence-electron chi connectivity index (χ3n) is 2.92. The van der Waals surface area contributed by atoms with Crippen LogP contribution >= 0.6 is 0 Å².